The van der Waals surface area contributed by atoms with Crippen molar-refractivity contribution in [3.8, 4) is 5.75 Å². The van der Waals surface area contributed by atoms with Crippen LogP contribution in [0.5, 0.6) is 5.75 Å². The Morgan fingerprint density at radius 1 is 1.42 bits per heavy atom. The normalized spacial score (nSPS) is 12.4. The van der Waals surface area contributed by atoms with Crippen molar-refractivity contribution in [2.45, 2.75) is 26.0 Å². The van der Waals surface area contributed by atoms with Gasteiger partial charge in [-0.2, -0.15) is 5.10 Å². The molecule has 0 saturated carbocycles. The Hall–Kier alpha value is -1.52. The van der Waals surface area contributed by atoms with Crippen LogP contribution >= 0.6 is 11.6 Å². The van der Waals surface area contributed by atoms with Crippen molar-refractivity contribution in [1.82, 2.24) is 9.78 Å². The third-order valence-corrected chi connectivity index (χ3v) is 2.99. The molecule has 1 aromatic heterocycles. The number of hydrogen-bond donors (Lipinski definition) is 1. The molecule has 1 unspecified atom stereocenters. The summed E-state index contributed by atoms with van der Waals surface area (Å²) in [5.74, 6) is 0.667. The molecule has 2 rings (SSSR count). The molecule has 0 fully saturated rings. The zero-order chi connectivity index (χ0) is 13.8. The topological polar surface area (TPSA) is 53.1 Å². The smallest absolute Gasteiger partial charge is 0.138 e. The maximum Gasteiger partial charge on any atom is 0.138 e. The average molecular weight is 280 g/mol. The van der Waals surface area contributed by atoms with E-state index in [0.717, 1.165) is 17.7 Å². The molecule has 4 nitrogen and oxygen atoms in total. The summed E-state index contributed by atoms with van der Waals surface area (Å²) in [7, 11) is 1.87. The molecule has 0 aliphatic heterocycles. The van der Waals surface area contributed by atoms with Crippen LogP contribution in [0.1, 0.15) is 18.2 Å². The Morgan fingerprint density at radius 3 is 2.79 bits per heavy atom. The van der Waals surface area contributed by atoms with E-state index in [2.05, 4.69) is 5.10 Å². The van der Waals surface area contributed by atoms with Crippen molar-refractivity contribution in [2.75, 3.05) is 0 Å². The van der Waals surface area contributed by atoms with E-state index in [0.29, 0.717) is 17.4 Å². The van der Waals surface area contributed by atoms with Crippen LogP contribution in [0.25, 0.3) is 0 Å². The van der Waals surface area contributed by atoms with Gasteiger partial charge in [-0.3, -0.25) is 4.68 Å². The minimum absolute atomic E-state index is 0.122. The summed E-state index contributed by atoms with van der Waals surface area (Å²) >= 11 is 6.19. The molecular weight excluding hydrogens is 262 g/mol. The van der Waals surface area contributed by atoms with E-state index >= 15 is 0 Å². The van der Waals surface area contributed by atoms with Gasteiger partial charge in [-0.25, -0.2) is 0 Å². The third-order valence-electron chi connectivity index (χ3n) is 2.70. The molecule has 0 aliphatic rings. The molecule has 0 spiro atoms. The highest BCUT2D eigenvalue weighted by molar-refractivity contribution is 6.32. The van der Waals surface area contributed by atoms with Crippen molar-refractivity contribution in [3.63, 3.8) is 0 Å². The fraction of sp³-hybridized carbons (Fsp3) is 0.357. The SMILES string of the molecule is CC(N)Cc1ccc(OCc2ccn(C)n2)c(Cl)c1. The van der Waals surface area contributed by atoms with E-state index in [1.807, 2.05) is 44.4 Å². The Bertz CT molecular complexity index is 551. The minimum atomic E-state index is 0.122. The standard InChI is InChI=1S/C14H18ClN3O/c1-10(16)7-11-3-4-14(13(15)8-11)19-9-12-5-6-18(2)17-12/h3-6,8,10H,7,9,16H2,1-2H3. The van der Waals surface area contributed by atoms with Gasteiger partial charge in [-0.1, -0.05) is 17.7 Å². The van der Waals surface area contributed by atoms with Crippen molar-refractivity contribution >= 4 is 11.6 Å². The van der Waals surface area contributed by atoms with E-state index in [9.17, 15) is 0 Å². The van der Waals surface area contributed by atoms with Gasteiger partial charge in [-0.05, 0) is 37.1 Å². The Labute approximate surface area is 118 Å². The number of benzene rings is 1. The number of nitrogens with zero attached hydrogens (tertiary/aromatic N) is 2. The molecule has 2 aromatic rings. The first kappa shape index (κ1) is 13.9. The largest absolute Gasteiger partial charge is 0.486 e. The molecule has 0 aliphatic carbocycles. The lowest BCUT2D eigenvalue weighted by Crippen LogP contribution is -2.17. The molecule has 19 heavy (non-hydrogen) atoms. The number of rotatable bonds is 5. The fourth-order valence-electron chi connectivity index (χ4n) is 1.85. The summed E-state index contributed by atoms with van der Waals surface area (Å²) in [4.78, 5) is 0. The molecule has 2 N–H and O–H groups in total. The molecule has 102 valence electrons. The monoisotopic (exact) mass is 279 g/mol. The summed E-state index contributed by atoms with van der Waals surface area (Å²) in [6.07, 6.45) is 2.69. The Morgan fingerprint density at radius 2 is 2.21 bits per heavy atom. The van der Waals surface area contributed by atoms with Gasteiger partial charge in [0.05, 0.1) is 10.7 Å². The molecule has 0 saturated heterocycles. The van der Waals surface area contributed by atoms with Gasteiger partial charge in [0.1, 0.15) is 12.4 Å². The van der Waals surface area contributed by atoms with E-state index in [1.165, 1.54) is 0 Å². The van der Waals surface area contributed by atoms with E-state index in [1.54, 1.807) is 4.68 Å². The molecular formula is C14H18ClN3O. The van der Waals surface area contributed by atoms with Crippen LogP contribution in [0.2, 0.25) is 5.02 Å². The molecule has 1 heterocycles. The average Bonchev–Trinajstić information content (AvgIpc) is 2.73. The number of nitrogens with two attached hydrogens (primary N) is 1. The second-order valence-corrected chi connectivity index (χ2v) is 5.12. The lowest BCUT2D eigenvalue weighted by atomic mass is 10.1. The predicted octanol–water partition coefficient (Wildman–Crippen LogP) is 2.54. The summed E-state index contributed by atoms with van der Waals surface area (Å²) in [5, 5.41) is 4.85. The third kappa shape index (κ3) is 3.98. The molecule has 0 radical (unpaired) electrons. The van der Waals surface area contributed by atoms with Crippen LogP contribution in [0.3, 0.4) is 0 Å². The summed E-state index contributed by atoms with van der Waals surface area (Å²) in [6.45, 7) is 2.38. The van der Waals surface area contributed by atoms with Gasteiger partial charge in [-0.15, -0.1) is 0 Å². The zero-order valence-corrected chi connectivity index (χ0v) is 11.9. The first-order valence-electron chi connectivity index (χ1n) is 6.20. The highest BCUT2D eigenvalue weighted by Gasteiger charge is 2.06. The highest BCUT2D eigenvalue weighted by atomic mass is 35.5. The number of aryl methyl sites for hydroxylation is 1. The van der Waals surface area contributed by atoms with Gasteiger partial charge >= 0.3 is 0 Å². The maximum atomic E-state index is 6.19. The van der Waals surface area contributed by atoms with Crippen molar-refractivity contribution in [3.05, 3.63) is 46.7 Å². The summed E-state index contributed by atoms with van der Waals surface area (Å²) < 4.78 is 7.40. The van der Waals surface area contributed by atoms with E-state index < -0.39 is 0 Å². The lowest BCUT2D eigenvalue weighted by molar-refractivity contribution is 0.300. The quantitative estimate of drug-likeness (QED) is 0.915. The number of hydrogen-bond acceptors (Lipinski definition) is 3. The molecule has 1 atom stereocenters. The van der Waals surface area contributed by atoms with Gasteiger partial charge in [0.25, 0.3) is 0 Å². The predicted molar refractivity (Wildman–Crippen MR) is 76.3 cm³/mol. The number of halogens is 1. The molecule has 0 bridgehead atoms. The first-order chi connectivity index (χ1) is 9.04. The van der Waals surface area contributed by atoms with Crippen molar-refractivity contribution in [1.29, 1.82) is 0 Å². The van der Waals surface area contributed by atoms with E-state index in [4.69, 9.17) is 22.1 Å². The molecule has 1 aromatic carbocycles. The molecule has 5 heteroatoms. The maximum absolute atomic E-state index is 6.19. The van der Waals surface area contributed by atoms with Crippen LogP contribution in [0.15, 0.2) is 30.5 Å². The fourth-order valence-corrected chi connectivity index (χ4v) is 2.11. The summed E-state index contributed by atoms with van der Waals surface area (Å²) in [5.41, 5.74) is 7.75. The van der Waals surface area contributed by atoms with Crippen LogP contribution in [0, 0.1) is 0 Å². The van der Waals surface area contributed by atoms with Crippen LogP contribution < -0.4 is 10.5 Å². The zero-order valence-electron chi connectivity index (χ0n) is 11.1. The van der Waals surface area contributed by atoms with Gasteiger partial charge in [0.15, 0.2) is 0 Å². The lowest BCUT2D eigenvalue weighted by Gasteiger charge is -2.10. The highest BCUT2D eigenvalue weighted by Crippen LogP contribution is 2.26. The number of ether oxygens (including phenoxy) is 1. The Balaban J connectivity index is 2.00. The van der Waals surface area contributed by atoms with Crippen LogP contribution in [0.4, 0.5) is 0 Å². The summed E-state index contributed by atoms with van der Waals surface area (Å²) in [6, 6.07) is 7.81. The molecule has 0 amide bonds. The van der Waals surface area contributed by atoms with Gasteiger partial charge in [0, 0.05) is 19.3 Å². The van der Waals surface area contributed by atoms with Gasteiger partial charge in [0.2, 0.25) is 0 Å². The van der Waals surface area contributed by atoms with Gasteiger partial charge < -0.3 is 10.5 Å². The first-order valence-corrected chi connectivity index (χ1v) is 6.57. The Kier molecular flexibility index (Phi) is 4.45. The number of aromatic nitrogens is 2. The van der Waals surface area contributed by atoms with Crippen LogP contribution in [-0.2, 0) is 20.1 Å². The second-order valence-electron chi connectivity index (χ2n) is 4.72. The second kappa shape index (κ2) is 6.08. The van der Waals surface area contributed by atoms with Crippen molar-refractivity contribution < 1.29 is 4.74 Å². The van der Waals surface area contributed by atoms with Crippen LogP contribution in [-0.4, -0.2) is 15.8 Å². The van der Waals surface area contributed by atoms with E-state index in [-0.39, 0.29) is 6.04 Å². The minimum Gasteiger partial charge on any atom is -0.486 e. The van der Waals surface area contributed by atoms with Crippen molar-refractivity contribution in [2.24, 2.45) is 12.8 Å².